The van der Waals surface area contributed by atoms with E-state index in [2.05, 4.69) is 39.0 Å². The minimum atomic E-state index is -0.609. The van der Waals surface area contributed by atoms with Gasteiger partial charge >= 0.3 is 5.56 Å². The Bertz CT molecular complexity index is 1290. The third-order valence-electron chi connectivity index (χ3n) is 5.59. The third kappa shape index (κ3) is 7.17. The molecular weight excluding hydrogens is 446 g/mol. The second-order valence-electron chi connectivity index (χ2n) is 8.26. The van der Waals surface area contributed by atoms with Gasteiger partial charge < -0.3 is 19.7 Å². The van der Waals surface area contributed by atoms with Gasteiger partial charge in [0.1, 0.15) is 11.3 Å². The first-order chi connectivity index (χ1) is 17.1. The normalized spacial score (nSPS) is 10.7. The standard InChI is InChI=1S/C26H33N5O4/c1-3-4-5-6-7-9-16-27-26-29-24(33)22-23(25(34)30-26)31(21(28-22)11-8-10-17-32)18-19-12-14-20(35-2)15-13-19/h12-15,32H,3-7,9-10,16-18H2,1-2H3,(H2,27,29,30,33,34). The summed E-state index contributed by atoms with van der Waals surface area (Å²) in [6.07, 6.45) is 7.08. The molecule has 0 unspecified atom stereocenters. The number of unbranched alkanes of at least 4 members (excludes halogenated alkanes) is 5. The molecule has 0 radical (unpaired) electrons. The number of hydrogen-bond donors (Lipinski definition) is 3. The summed E-state index contributed by atoms with van der Waals surface area (Å²) in [5.41, 5.74) is -0.137. The number of anilines is 1. The van der Waals surface area contributed by atoms with Crippen LogP contribution in [0.5, 0.6) is 5.75 Å². The number of ether oxygens (including phenoxy) is 1. The monoisotopic (exact) mass is 479 g/mol. The zero-order valence-corrected chi connectivity index (χ0v) is 20.4. The van der Waals surface area contributed by atoms with Crippen LogP contribution >= 0.6 is 0 Å². The highest BCUT2D eigenvalue weighted by molar-refractivity contribution is 5.75. The van der Waals surface area contributed by atoms with Gasteiger partial charge in [0.25, 0.3) is 5.56 Å². The SMILES string of the molecule is CCCCCCCCNc1nc(=O)c2nc(C#CCCO)n(Cc3ccc(OC)cc3)c2c(=O)[nH]1. The van der Waals surface area contributed by atoms with Gasteiger partial charge in [0.2, 0.25) is 5.95 Å². The summed E-state index contributed by atoms with van der Waals surface area (Å²) in [6, 6.07) is 7.38. The summed E-state index contributed by atoms with van der Waals surface area (Å²) in [4.78, 5) is 37.2. The molecule has 0 saturated heterocycles. The topological polar surface area (TPSA) is 122 Å². The van der Waals surface area contributed by atoms with Crippen molar-refractivity contribution in [3.63, 3.8) is 0 Å². The van der Waals surface area contributed by atoms with Crippen molar-refractivity contribution in [3.05, 3.63) is 56.4 Å². The van der Waals surface area contributed by atoms with Gasteiger partial charge in [-0.2, -0.15) is 4.98 Å². The summed E-state index contributed by atoms with van der Waals surface area (Å²) in [5.74, 6) is 6.80. The first-order valence-electron chi connectivity index (χ1n) is 12.1. The second-order valence-corrected chi connectivity index (χ2v) is 8.26. The number of H-pyrrole nitrogens is 1. The van der Waals surface area contributed by atoms with E-state index in [-0.39, 0.29) is 42.4 Å². The van der Waals surface area contributed by atoms with Crippen molar-refractivity contribution in [1.29, 1.82) is 0 Å². The van der Waals surface area contributed by atoms with Gasteiger partial charge in [0, 0.05) is 13.0 Å². The molecule has 0 fully saturated rings. The summed E-state index contributed by atoms with van der Waals surface area (Å²) in [7, 11) is 1.59. The Morgan fingerprint density at radius 2 is 1.83 bits per heavy atom. The number of aromatic amines is 1. The van der Waals surface area contributed by atoms with Gasteiger partial charge in [0.05, 0.1) is 20.3 Å². The highest BCUT2D eigenvalue weighted by atomic mass is 16.5. The van der Waals surface area contributed by atoms with E-state index < -0.39 is 11.1 Å². The smallest absolute Gasteiger partial charge is 0.301 e. The van der Waals surface area contributed by atoms with E-state index in [0.29, 0.717) is 12.3 Å². The number of fused-ring (bicyclic) bond motifs is 1. The molecule has 3 aromatic rings. The number of imidazole rings is 1. The molecule has 0 spiro atoms. The maximum Gasteiger partial charge on any atom is 0.301 e. The molecule has 0 atom stereocenters. The lowest BCUT2D eigenvalue weighted by Crippen LogP contribution is -2.14. The van der Waals surface area contributed by atoms with Crippen molar-refractivity contribution in [2.75, 3.05) is 25.6 Å². The molecule has 0 aliphatic rings. The van der Waals surface area contributed by atoms with Crippen molar-refractivity contribution in [1.82, 2.24) is 19.5 Å². The van der Waals surface area contributed by atoms with Crippen LogP contribution in [0.15, 0.2) is 33.9 Å². The maximum absolute atomic E-state index is 13.2. The number of aliphatic hydroxyl groups excluding tert-OH is 1. The summed E-state index contributed by atoms with van der Waals surface area (Å²) >= 11 is 0. The number of nitrogens with one attached hydrogen (secondary N) is 2. The van der Waals surface area contributed by atoms with Crippen LogP contribution in [0, 0.1) is 11.8 Å². The first kappa shape index (κ1) is 26.0. The fourth-order valence-corrected chi connectivity index (χ4v) is 3.74. The van der Waals surface area contributed by atoms with Crippen LogP contribution in [0.4, 0.5) is 5.95 Å². The Hall–Kier alpha value is -3.64. The number of benzene rings is 1. The quantitative estimate of drug-likeness (QED) is 0.270. The van der Waals surface area contributed by atoms with Crippen molar-refractivity contribution < 1.29 is 9.84 Å². The maximum atomic E-state index is 13.2. The van der Waals surface area contributed by atoms with Crippen LogP contribution < -0.4 is 21.2 Å². The number of nitrogens with zero attached hydrogens (tertiary/aromatic N) is 3. The molecule has 3 N–H and O–H groups in total. The highest BCUT2D eigenvalue weighted by Crippen LogP contribution is 2.16. The number of rotatable bonds is 12. The second kappa shape index (κ2) is 13.3. The summed E-state index contributed by atoms with van der Waals surface area (Å²) in [5, 5.41) is 12.1. The Morgan fingerprint density at radius 3 is 2.54 bits per heavy atom. The Balaban J connectivity index is 1.93. The molecular formula is C26H33N5O4. The highest BCUT2D eigenvalue weighted by Gasteiger charge is 2.16. The Morgan fingerprint density at radius 1 is 1.09 bits per heavy atom. The van der Waals surface area contributed by atoms with E-state index in [9.17, 15) is 9.59 Å². The first-order valence-corrected chi connectivity index (χ1v) is 12.1. The number of hydrogen-bond acceptors (Lipinski definition) is 7. The molecule has 0 aliphatic carbocycles. The van der Waals surface area contributed by atoms with E-state index in [1.165, 1.54) is 19.3 Å². The van der Waals surface area contributed by atoms with Gasteiger partial charge in [-0.05, 0) is 30.0 Å². The van der Waals surface area contributed by atoms with Gasteiger partial charge in [-0.15, -0.1) is 0 Å². The lowest BCUT2D eigenvalue weighted by Gasteiger charge is -2.07. The largest absolute Gasteiger partial charge is 0.497 e. The van der Waals surface area contributed by atoms with Gasteiger partial charge in [-0.1, -0.05) is 57.1 Å². The fraction of sp³-hybridized carbons (Fsp3) is 0.462. The van der Waals surface area contributed by atoms with Crippen LogP contribution in [0.3, 0.4) is 0 Å². The molecule has 186 valence electrons. The molecule has 2 aromatic heterocycles. The number of aliphatic hydroxyl groups is 1. The van der Waals surface area contributed by atoms with E-state index in [1.807, 2.05) is 24.3 Å². The van der Waals surface area contributed by atoms with Gasteiger partial charge in [-0.25, -0.2) is 4.98 Å². The number of methoxy groups -OCH3 is 1. The van der Waals surface area contributed by atoms with Crippen LogP contribution in [0.25, 0.3) is 11.0 Å². The van der Waals surface area contributed by atoms with Crippen molar-refractivity contribution in [2.24, 2.45) is 0 Å². The summed E-state index contributed by atoms with van der Waals surface area (Å²) in [6.45, 7) is 2.98. The van der Waals surface area contributed by atoms with E-state index in [4.69, 9.17) is 9.84 Å². The zero-order chi connectivity index (χ0) is 25.0. The lowest BCUT2D eigenvalue weighted by atomic mass is 10.1. The zero-order valence-electron chi connectivity index (χ0n) is 20.4. The van der Waals surface area contributed by atoms with Crippen LogP contribution in [-0.4, -0.2) is 44.9 Å². The Labute approximate surface area is 204 Å². The lowest BCUT2D eigenvalue weighted by molar-refractivity contribution is 0.305. The minimum absolute atomic E-state index is 0.0410. The third-order valence-corrected chi connectivity index (χ3v) is 5.59. The summed E-state index contributed by atoms with van der Waals surface area (Å²) < 4.78 is 6.82. The molecule has 0 aliphatic heterocycles. The van der Waals surface area contributed by atoms with Crippen molar-refractivity contribution >= 4 is 17.0 Å². The van der Waals surface area contributed by atoms with E-state index in [1.54, 1.807) is 11.7 Å². The molecule has 0 saturated carbocycles. The van der Waals surface area contributed by atoms with Crippen molar-refractivity contribution in [2.45, 2.75) is 58.4 Å². The molecule has 0 bridgehead atoms. The molecule has 9 nitrogen and oxygen atoms in total. The minimum Gasteiger partial charge on any atom is -0.497 e. The molecule has 1 aromatic carbocycles. The molecule has 0 amide bonds. The average molecular weight is 480 g/mol. The van der Waals surface area contributed by atoms with Crippen LogP contribution in [0.2, 0.25) is 0 Å². The fourth-order valence-electron chi connectivity index (χ4n) is 3.74. The van der Waals surface area contributed by atoms with Gasteiger partial charge in [-0.3, -0.25) is 14.6 Å². The van der Waals surface area contributed by atoms with E-state index >= 15 is 0 Å². The van der Waals surface area contributed by atoms with Gasteiger partial charge in [0.15, 0.2) is 11.3 Å². The predicted molar refractivity (Wildman–Crippen MR) is 137 cm³/mol. The number of aromatic nitrogens is 4. The molecule has 3 rings (SSSR count). The average Bonchev–Trinajstić information content (AvgIpc) is 3.16. The molecule has 35 heavy (non-hydrogen) atoms. The predicted octanol–water partition coefficient (Wildman–Crippen LogP) is 3.04. The molecule has 9 heteroatoms. The molecule has 2 heterocycles. The van der Waals surface area contributed by atoms with Crippen LogP contribution in [0.1, 0.15) is 63.3 Å². The van der Waals surface area contributed by atoms with E-state index in [0.717, 1.165) is 24.8 Å². The van der Waals surface area contributed by atoms with Crippen molar-refractivity contribution in [3.8, 4) is 17.6 Å². The van der Waals surface area contributed by atoms with Crippen LogP contribution in [-0.2, 0) is 6.54 Å². The Kier molecular flexibility index (Phi) is 9.87.